The van der Waals surface area contributed by atoms with Crippen LogP contribution in [0, 0.1) is 5.92 Å². The molecule has 4 N–H and O–H groups in total. The van der Waals surface area contributed by atoms with Gasteiger partial charge in [-0.3, -0.25) is 9.69 Å². The van der Waals surface area contributed by atoms with Crippen LogP contribution in [0.15, 0.2) is 0 Å². The highest BCUT2D eigenvalue weighted by Crippen LogP contribution is 2.39. The zero-order valence-corrected chi connectivity index (χ0v) is 25.5. The van der Waals surface area contributed by atoms with E-state index in [-0.39, 0.29) is 31.7 Å². The van der Waals surface area contributed by atoms with Gasteiger partial charge >= 0.3 is 25.3 Å². The van der Waals surface area contributed by atoms with Gasteiger partial charge in [-0.2, -0.15) is 0 Å². The number of likely N-dealkylation sites (tertiary alicyclic amines) is 1. The van der Waals surface area contributed by atoms with E-state index in [1.54, 1.807) is 34.6 Å². The first kappa shape index (κ1) is 33.7. The molecule has 2 aliphatic heterocycles. The van der Waals surface area contributed by atoms with Crippen LogP contribution in [0.4, 0.5) is 9.59 Å². The van der Waals surface area contributed by atoms with Crippen molar-refractivity contribution < 1.29 is 43.4 Å². The molecule has 2 aliphatic rings. The molecule has 0 radical (unpaired) electrons. The fourth-order valence-electron chi connectivity index (χ4n) is 5.14. The van der Waals surface area contributed by atoms with Crippen LogP contribution in [-0.4, -0.2) is 87.3 Å². The molecule has 2 heterocycles. The predicted molar refractivity (Wildman–Crippen MR) is 149 cm³/mol. The summed E-state index contributed by atoms with van der Waals surface area (Å²) in [6, 6.07) is -1.50. The maximum absolute atomic E-state index is 13.2. The van der Waals surface area contributed by atoms with E-state index in [1.165, 1.54) is 0 Å². The summed E-state index contributed by atoms with van der Waals surface area (Å²) in [4.78, 5) is 51.2. The normalized spacial score (nSPS) is 24.9. The second kappa shape index (κ2) is 12.5. The van der Waals surface area contributed by atoms with Crippen LogP contribution in [-0.2, 0) is 23.6 Å². The third kappa shape index (κ3) is 8.25. The van der Waals surface area contributed by atoms with Gasteiger partial charge in [0.2, 0.25) is 5.91 Å². The number of nitrogens with one attached hydrogen (secondary N) is 2. The largest absolute Gasteiger partial charge is 0.479 e. The van der Waals surface area contributed by atoms with Crippen molar-refractivity contribution in [1.82, 2.24) is 15.5 Å². The maximum atomic E-state index is 13.2. The first-order valence-electron chi connectivity index (χ1n) is 14.1. The minimum atomic E-state index is -1.70. The maximum Gasteiger partial charge on any atom is 0.457 e. The van der Waals surface area contributed by atoms with Crippen LogP contribution >= 0.6 is 0 Å². The molecule has 0 unspecified atom stereocenters. The second-order valence-corrected chi connectivity index (χ2v) is 13.3. The molecule has 228 valence electrons. The van der Waals surface area contributed by atoms with E-state index in [4.69, 9.17) is 14.0 Å². The van der Waals surface area contributed by atoms with Crippen LogP contribution in [0.5, 0.6) is 0 Å². The molecule has 0 aromatic rings. The summed E-state index contributed by atoms with van der Waals surface area (Å²) in [5.41, 5.74) is -3.39. The number of amides is 3. The Bertz CT molecular complexity index is 934. The van der Waals surface area contributed by atoms with Gasteiger partial charge in [-0.05, 0) is 73.5 Å². The van der Waals surface area contributed by atoms with Crippen LogP contribution in [0.2, 0.25) is 6.32 Å². The number of rotatable bonds is 10. The molecular weight excluding hydrogens is 521 g/mol. The first-order valence-corrected chi connectivity index (χ1v) is 14.1. The number of alkyl carbamates (subject to hydrolysis) is 1. The Balaban J connectivity index is 2.09. The predicted octanol–water partition coefficient (Wildman–Crippen LogP) is 3.88. The fraction of sp³-hybridized carbons (Fsp3) is 0.852. The van der Waals surface area contributed by atoms with Crippen molar-refractivity contribution in [3.8, 4) is 0 Å². The molecule has 12 nitrogen and oxygen atoms in total. The highest BCUT2D eigenvalue weighted by atomic mass is 16.7. The Morgan fingerprint density at radius 1 is 1.05 bits per heavy atom. The average Bonchev–Trinajstić information content (AvgIpc) is 2.99. The molecule has 40 heavy (non-hydrogen) atoms. The SMILES string of the molecule is CC(C)[C@@H](NC(=O)OC(C)(C)C)C(=O)N[C@H]1CCN(C(=O)O)[C@@](CCCCB2OC(C)(C)C(C)(C)O2)(C(=O)O)C1. The van der Waals surface area contributed by atoms with Gasteiger partial charge in [0.05, 0.1) is 11.2 Å². The summed E-state index contributed by atoms with van der Waals surface area (Å²) < 4.78 is 17.3. The zero-order valence-electron chi connectivity index (χ0n) is 25.5. The molecule has 2 rings (SSSR count). The van der Waals surface area contributed by atoms with Crippen molar-refractivity contribution in [2.45, 2.75) is 135 Å². The first-order chi connectivity index (χ1) is 18.2. The third-order valence-corrected chi connectivity index (χ3v) is 7.98. The minimum absolute atomic E-state index is 0.0460. The van der Waals surface area contributed by atoms with Crippen molar-refractivity contribution in [2.24, 2.45) is 5.92 Å². The van der Waals surface area contributed by atoms with Gasteiger partial charge in [0.25, 0.3) is 0 Å². The van der Waals surface area contributed by atoms with Crippen molar-refractivity contribution in [3.63, 3.8) is 0 Å². The van der Waals surface area contributed by atoms with E-state index in [2.05, 4.69) is 10.6 Å². The summed E-state index contributed by atoms with van der Waals surface area (Å²) in [6.07, 6.45) is -0.270. The third-order valence-electron chi connectivity index (χ3n) is 7.98. The number of carbonyl (C=O) groups is 4. The smallest absolute Gasteiger partial charge is 0.457 e. The zero-order chi connectivity index (χ0) is 30.7. The number of aliphatic carboxylic acids is 1. The number of nitrogens with zero attached hydrogens (tertiary/aromatic N) is 1. The van der Waals surface area contributed by atoms with E-state index in [0.29, 0.717) is 19.2 Å². The molecule has 13 heteroatoms. The Kier molecular flexibility index (Phi) is 10.6. The minimum Gasteiger partial charge on any atom is -0.479 e. The van der Waals surface area contributed by atoms with Crippen molar-refractivity contribution in [3.05, 3.63) is 0 Å². The Labute approximate surface area is 238 Å². The van der Waals surface area contributed by atoms with E-state index in [1.807, 2.05) is 27.7 Å². The van der Waals surface area contributed by atoms with Gasteiger partial charge in [-0.15, -0.1) is 0 Å². The van der Waals surface area contributed by atoms with Gasteiger partial charge in [-0.25, -0.2) is 14.4 Å². The molecular formula is C27H48BN3O9. The lowest BCUT2D eigenvalue weighted by atomic mass is 9.77. The van der Waals surface area contributed by atoms with E-state index >= 15 is 0 Å². The van der Waals surface area contributed by atoms with Crippen molar-refractivity contribution in [1.29, 1.82) is 0 Å². The van der Waals surface area contributed by atoms with Crippen LogP contribution in [0.25, 0.3) is 0 Å². The van der Waals surface area contributed by atoms with Gasteiger partial charge in [0, 0.05) is 19.0 Å². The standard InChI is InChI=1S/C27H48BN3O9/c1-17(2)19(30-22(35)38-24(3,4)5)20(32)29-18-12-15-31(23(36)37)27(16-18,21(33)34)13-10-11-14-28-39-25(6,7)26(8,9)40-28/h17-19H,10-16H2,1-9H3,(H,29,32)(H,30,35)(H,33,34)(H,36,37)/t18-,19+,27+/m0/s1. The quantitative estimate of drug-likeness (QED) is 0.226. The lowest BCUT2D eigenvalue weighted by Crippen LogP contribution is -2.64. The summed E-state index contributed by atoms with van der Waals surface area (Å²) in [7, 11) is -0.426. The lowest BCUT2D eigenvalue weighted by molar-refractivity contribution is -0.154. The summed E-state index contributed by atoms with van der Waals surface area (Å²) in [5, 5.41) is 25.6. The molecule has 0 aromatic heterocycles. The number of hydrogen-bond donors (Lipinski definition) is 4. The number of hydrogen-bond acceptors (Lipinski definition) is 7. The number of piperidine rings is 1. The van der Waals surface area contributed by atoms with Gasteiger partial charge < -0.3 is 34.9 Å². The van der Waals surface area contributed by atoms with Gasteiger partial charge in [-0.1, -0.05) is 26.7 Å². The summed E-state index contributed by atoms with van der Waals surface area (Å²) in [5.74, 6) is -2.00. The number of ether oxygens (including phenoxy) is 1. The monoisotopic (exact) mass is 569 g/mol. The van der Waals surface area contributed by atoms with Crippen LogP contribution < -0.4 is 10.6 Å². The molecule has 0 aliphatic carbocycles. The van der Waals surface area contributed by atoms with Crippen molar-refractivity contribution in [2.75, 3.05) is 6.54 Å². The molecule has 0 spiro atoms. The highest BCUT2D eigenvalue weighted by molar-refractivity contribution is 6.45. The summed E-state index contributed by atoms with van der Waals surface area (Å²) >= 11 is 0. The van der Waals surface area contributed by atoms with E-state index < -0.39 is 65.6 Å². The molecule has 3 atom stereocenters. The molecule has 0 saturated carbocycles. The Morgan fingerprint density at radius 3 is 2.10 bits per heavy atom. The average molecular weight is 570 g/mol. The van der Waals surface area contributed by atoms with Gasteiger partial charge in [0.1, 0.15) is 17.2 Å². The number of carboxylic acids is 1. The lowest BCUT2D eigenvalue weighted by Gasteiger charge is -2.45. The number of carboxylic acid groups (broad SMARTS) is 2. The van der Waals surface area contributed by atoms with E-state index in [9.17, 15) is 29.4 Å². The molecule has 2 saturated heterocycles. The number of unbranched alkanes of at least 4 members (excludes halogenated alkanes) is 1. The summed E-state index contributed by atoms with van der Waals surface area (Å²) in [6.45, 7) is 16.5. The fourth-order valence-corrected chi connectivity index (χ4v) is 5.14. The Hall–Kier alpha value is -2.54. The highest BCUT2D eigenvalue weighted by Gasteiger charge is 2.52. The molecule has 0 aromatic carbocycles. The molecule has 3 amide bonds. The van der Waals surface area contributed by atoms with Crippen molar-refractivity contribution >= 4 is 31.2 Å². The number of carbonyl (C=O) groups excluding carboxylic acids is 2. The van der Waals surface area contributed by atoms with Crippen LogP contribution in [0.1, 0.15) is 94.4 Å². The molecule has 2 fully saturated rings. The van der Waals surface area contributed by atoms with Gasteiger partial charge in [0.15, 0.2) is 0 Å². The topological polar surface area (TPSA) is 164 Å². The molecule has 0 bridgehead atoms. The Morgan fingerprint density at radius 2 is 1.62 bits per heavy atom. The second-order valence-electron chi connectivity index (χ2n) is 13.3. The van der Waals surface area contributed by atoms with E-state index in [0.717, 1.165) is 4.90 Å². The van der Waals surface area contributed by atoms with Crippen LogP contribution in [0.3, 0.4) is 0 Å².